The number of fused-ring (bicyclic) bond motifs is 1. The summed E-state index contributed by atoms with van der Waals surface area (Å²) in [5, 5.41) is 2.27. The molecule has 0 saturated heterocycles. The van der Waals surface area contributed by atoms with Crippen molar-refractivity contribution < 1.29 is 9.53 Å². The molecule has 3 aromatic rings. The van der Waals surface area contributed by atoms with Gasteiger partial charge in [-0.2, -0.15) is 0 Å². The van der Waals surface area contributed by atoms with E-state index in [0.717, 1.165) is 27.5 Å². The van der Waals surface area contributed by atoms with E-state index in [1.165, 1.54) is 6.08 Å². The van der Waals surface area contributed by atoms with Gasteiger partial charge in [0.2, 0.25) is 0 Å². The highest BCUT2D eigenvalue weighted by atomic mass is 16.5. The first-order valence-corrected chi connectivity index (χ1v) is 7.58. The highest BCUT2D eigenvalue weighted by molar-refractivity contribution is 5.95. The molecule has 0 atom stereocenters. The van der Waals surface area contributed by atoms with Crippen LogP contribution < -0.4 is 4.74 Å². The van der Waals surface area contributed by atoms with Gasteiger partial charge in [-0.15, -0.1) is 0 Å². The zero-order chi connectivity index (χ0) is 16.2. The lowest BCUT2D eigenvalue weighted by molar-refractivity contribution is -0.128. The van der Waals surface area contributed by atoms with Crippen molar-refractivity contribution in [3.05, 3.63) is 83.4 Å². The normalized spacial score (nSPS) is 11.0. The van der Waals surface area contributed by atoms with E-state index in [0.29, 0.717) is 5.75 Å². The molecule has 0 radical (unpaired) electrons. The predicted molar refractivity (Wildman–Crippen MR) is 94.5 cm³/mol. The summed E-state index contributed by atoms with van der Waals surface area (Å²) in [7, 11) is 0. The summed E-state index contributed by atoms with van der Waals surface area (Å²) in [6.07, 6.45) is 3.27. The van der Waals surface area contributed by atoms with Crippen LogP contribution in [0.15, 0.2) is 66.7 Å². The van der Waals surface area contributed by atoms with E-state index in [4.69, 9.17) is 4.74 Å². The van der Waals surface area contributed by atoms with Crippen LogP contribution in [0.4, 0.5) is 0 Å². The topological polar surface area (TPSA) is 26.3 Å². The quantitative estimate of drug-likeness (QED) is 0.383. The van der Waals surface area contributed by atoms with Crippen LogP contribution in [0.1, 0.15) is 16.7 Å². The minimum absolute atomic E-state index is 0.372. The Morgan fingerprint density at radius 3 is 2.39 bits per heavy atom. The van der Waals surface area contributed by atoms with Crippen molar-refractivity contribution in [1.29, 1.82) is 0 Å². The molecule has 114 valence electrons. The Labute approximate surface area is 136 Å². The molecule has 0 heterocycles. The van der Waals surface area contributed by atoms with E-state index in [9.17, 15) is 4.79 Å². The van der Waals surface area contributed by atoms with Crippen LogP contribution in [0.3, 0.4) is 0 Å². The summed E-state index contributed by atoms with van der Waals surface area (Å²) in [4.78, 5) is 12.0. The molecular weight excluding hydrogens is 284 g/mol. The number of rotatable bonds is 3. The van der Waals surface area contributed by atoms with E-state index < -0.39 is 0 Å². The number of hydrogen-bond donors (Lipinski definition) is 0. The van der Waals surface area contributed by atoms with E-state index in [2.05, 4.69) is 12.1 Å². The molecule has 0 saturated carbocycles. The lowest BCUT2D eigenvalue weighted by Crippen LogP contribution is -2.04. The van der Waals surface area contributed by atoms with Gasteiger partial charge >= 0.3 is 5.97 Å². The molecule has 0 aliphatic carbocycles. The molecule has 0 amide bonds. The Morgan fingerprint density at radius 1 is 0.913 bits per heavy atom. The van der Waals surface area contributed by atoms with Gasteiger partial charge in [-0.05, 0) is 59.5 Å². The molecule has 0 unspecified atom stereocenters. The number of carbonyl (C=O) groups is 1. The lowest BCUT2D eigenvalue weighted by Gasteiger charge is -2.05. The van der Waals surface area contributed by atoms with Gasteiger partial charge in [0, 0.05) is 6.08 Å². The van der Waals surface area contributed by atoms with E-state index in [1.807, 2.05) is 62.4 Å². The molecule has 3 aromatic carbocycles. The van der Waals surface area contributed by atoms with Crippen LogP contribution in [-0.2, 0) is 4.79 Å². The molecular formula is C21H18O2. The van der Waals surface area contributed by atoms with Crippen molar-refractivity contribution in [1.82, 2.24) is 0 Å². The van der Waals surface area contributed by atoms with Crippen LogP contribution in [0, 0.1) is 13.8 Å². The lowest BCUT2D eigenvalue weighted by atomic mass is 10.0. The highest BCUT2D eigenvalue weighted by Gasteiger charge is 2.03. The maximum Gasteiger partial charge on any atom is 0.336 e. The van der Waals surface area contributed by atoms with Crippen molar-refractivity contribution in [2.45, 2.75) is 13.8 Å². The number of aryl methyl sites for hydroxylation is 2. The third-order valence-electron chi connectivity index (χ3n) is 3.64. The van der Waals surface area contributed by atoms with Crippen molar-refractivity contribution in [3.63, 3.8) is 0 Å². The highest BCUT2D eigenvalue weighted by Crippen LogP contribution is 2.20. The zero-order valence-corrected chi connectivity index (χ0v) is 13.2. The molecule has 23 heavy (non-hydrogen) atoms. The second-order valence-electron chi connectivity index (χ2n) is 5.65. The Kier molecular flexibility index (Phi) is 4.24. The van der Waals surface area contributed by atoms with Crippen LogP contribution in [-0.4, -0.2) is 5.97 Å². The van der Waals surface area contributed by atoms with Gasteiger partial charge in [0.1, 0.15) is 5.75 Å². The SMILES string of the molecule is Cc1cc(C)cc(OC(=O)C=Cc2cccc3ccccc23)c1. The Bertz CT molecular complexity index is 866. The molecule has 0 bridgehead atoms. The summed E-state index contributed by atoms with van der Waals surface area (Å²) in [6.45, 7) is 3.96. The number of benzene rings is 3. The zero-order valence-electron chi connectivity index (χ0n) is 13.2. The van der Waals surface area contributed by atoms with Crippen LogP contribution in [0.25, 0.3) is 16.8 Å². The molecule has 0 fully saturated rings. The minimum atomic E-state index is -0.372. The third kappa shape index (κ3) is 3.67. The van der Waals surface area contributed by atoms with Gasteiger partial charge in [-0.3, -0.25) is 0 Å². The molecule has 0 spiro atoms. The van der Waals surface area contributed by atoms with Crippen LogP contribution >= 0.6 is 0 Å². The molecule has 2 heteroatoms. The van der Waals surface area contributed by atoms with Gasteiger partial charge in [0.05, 0.1) is 0 Å². The number of carbonyl (C=O) groups excluding carboxylic acids is 1. The maximum absolute atomic E-state index is 12.0. The van der Waals surface area contributed by atoms with Crippen LogP contribution in [0.5, 0.6) is 5.75 Å². The van der Waals surface area contributed by atoms with Crippen molar-refractivity contribution in [2.24, 2.45) is 0 Å². The molecule has 3 rings (SSSR count). The third-order valence-corrected chi connectivity index (χ3v) is 3.64. The molecule has 0 N–H and O–H groups in total. The Hall–Kier alpha value is -2.87. The van der Waals surface area contributed by atoms with E-state index >= 15 is 0 Å². The van der Waals surface area contributed by atoms with Gasteiger partial charge in [0.15, 0.2) is 0 Å². The van der Waals surface area contributed by atoms with Crippen molar-refractivity contribution >= 4 is 22.8 Å². The first-order chi connectivity index (χ1) is 11.1. The molecule has 0 aromatic heterocycles. The fourth-order valence-corrected chi connectivity index (χ4v) is 2.70. The first kappa shape index (κ1) is 15.0. The number of ether oxygens (including phenoxy) is 1. The molecule has 0 aliphatic rings. The summed E-state index contributed by atoms with van der Waals surface area (Å²) in [6, 6.07) is 19.9. The summed E-state index contributed by atoms with van der Waals surface area (Å²) in [5.41, 5.74) is 3.15. The number of hydrogen-bond acceptors (Lipinski definition) is 2. The Balaban J connectivity index is 1.80. The second kappa shape index (κ2) is 6.49. The van der Waals surface area contributed by atoms with Crippen molar-refractivity contribution in [2.75, 3.05) is 0 Å². The predicted octanol–water partition coefficient (Wildman–Crippen LogP) is 5.08. The number of esters is 1. The molecule has 2 nitrogen and oxygen atoms in total. The molecule has 0 aliphatic heterocycles. The monoisotopic (exact) mass is 302 g/mol. The van der Waals surface area contributed by atoms with E-state index in [1.54, 1.807) is 6.08 Å². The van der Waals surface area contributed by atoms with Gasteiger partial charge in [-0.25, -0.2) is 4.79 Å². The smallest absolute Gasteiger partial charge is 0.336 e. The van der Waals surface area contributed by atoms with Gasteiger partial charge < -0.3 is 4.74 Å². The first-order valence-electron chi connectivity index (χ1n) is 7.58. The Morgan fingerprint density at radius 2 is 1.61 bits per heavy atom. The average molecular weight is 302 g/mol. The maximum atomic E-state index is 12.0. The van der Waals surface area contributed by atoms with Gasteiger partial charge in [-0.1, -0.05) is 48.5 Å². The summed E-state index contributed by atoms with van der Waals surface area (Å²) < 4.78 is 5.38. The van der Waals surface area contributed by atoms with Crippen LogP contribution in [0.2, 0.25) is 0 Å². The second-order valence-corrected chi connectivity index (χ2v) is 5.65. The minimum Gasteiger partial charge on any atom is -0.423 e. The van der Waals surface area contributed by atoms with E-state index in [-0.39, 0.29) is 5.97 Å². The van der Waals surface area contributed by atoms with Gasteiger partial charge in [0.25, 0.3) is 0 Å². The van der Waals surface area contributed by atoms with Crippen molar-refractivity contribution in [3.8, 4) is 5.75 Å². The fourth-order valence-electron chi connectivity index (χ4n) is 2.70. The standard InChI is InChI=1S/C21H18O2/c1-15-12-16(2)14-19(13-15)23-21(22)11-10-18-8-5-7-17-6-3-4-9-20(17)18/h3-14H,1-2H3. The summed E-state index contributed by atoms with van der Waals surface area (Å²) >= 11 is 0. The average Bonchev–Trinajstić information content (AvgIpc) is 2.52. The largest absolute Gasteiger partial charge is 0.423 e. The summed E-state index contributed by atoms with van der Waals surface area (Å²) in [5.74, 6) is 0.206. The fraction of sp³-hybridized carbons (Fsp3) is 0.0952.